The van der Waals surface area contributed by atoms with Crippen molar-refractivity contribution in [3.63, 3.8) is 0 Å². The van der Waals surface area contributed by atoms with Gasteiger partial charge < -0.3 is 15.6 Å². The van der Waals surface area contributed by atoms with Gasteiger partial charge in [-0.25, -0.2) is 4.79 Å². The van der Waals surface area contributed by atoms with Crippen LogP contribution in [-0.4, -0.2) is 28.6 Å². The van der Waals surface area contributed by atoms with Crippen molar-refractivity contribution >= 4 is 18.0 Å². The summed E-state index contributed by atoms with van der Waals surface area (Å²) >= 11 is 0. The molecule has 1 aromatic heterocycles. The van der Waals surface area contributed by atoms with Crippen LogP contribution in [0.5, 0.6) is 5.75 Å². The second-order valence-corrected chi connectivity index (χ2v) is 3.16. The van der Waals surface area contributed by atoms with Crippen molar-refractivity contribution < 1.29 is 19.4 Å². The van der Waals surface area contributed by atoms with Crippen molar-refractivity contribution in [2.75, 3.05) is 6.61 Å². The van der Waals surface area contributed by atoms with E-state index in [9.17, 15) is 9.59 Å². The Morgan fingerprint density at radius 3 is 2.76 bits per heavy atom. The van der Waals surface area contributed by atoms with E-state index in [1.807, 2.05) is 0 Å². The van der Waals surface area contributed by atoms with Crippen LogP contribution in [-0.2, 0) is 9.59 Å². The molecule has 6 heteroatoms. The standard InChI is InChI=1S/C11H12N2O4/c12-10(14)5-6-17-9-3-1-8(13-7-9)2-4-11(15)16/h1-4,7H,5-6H2,(H2,12,14)(H,15,16). The fourth-order valence-corrected chi connectivity index (χ4v) is 1.00. The van der Waals surface area contributed by atoms with Gasteiger partial charge in [-0.1, -0.05) is 0 Å². The molecule has 1 rings (SSSR count). The predicted molar refractivity (Wildman–Crippen MR) is 60.2 cm³/mol. The van der Waals surface area contributed by atoms with E-state index in [-0.39, 0.29) is 13.0 Å². The predicted octanol–water partition coefficient (Wildman–Crippen LogP) is 0.434. The van der Waals surface area contributed by atoms with Crippen LogP contribution in [0, 0.1) is 0 Å². The van der Waals surface area contributed by atoms with E-state index >= 15 is 0 Å². The molecule has 0 aliphatic rings. The monoisotopic (exact) mass is 236 g/mol. The number of rotatable bonds is 6. The van der Waals surface area contributed by atoms with Crippen molar-refractivity contribution in [1.29, 1.82) is 0 Å². The van der Waals surface area contributed by atoms with Crippen molar-refractivity contribution in [2.24, 2.45) is 5.73 Å². The lowest BCUT2D eigenvalue weighted by Gasteiger charge is -2.03. The van der Waals surface area contributed by atoms with Crippen LogP contribution in [0.3, 0.4) is 0 Å². The molecule has 0 radical (unpaired) electrons. The van der Waals surface area contributed by atoms with Gasteiger partial charge in [-0.15, -0.1) is 0 Å². The molecule has 3 N–H and O–H groups in total. The fraction of sp³-hybridized carbons (Fsp3) is 0.182. The maximum absolute atomic E-state index is 10.5. The second-order valence-electron chi connectivity index (χ2n) is 3.16. The molecule has 0 fully saturated rings. The Morgan fingerprint density at radius 2 is 2.24 bits per heavy atom. The zero-order chi connectivity index (χ0) is 12.7. The van der Waals surface area contributed by atoms with E-state index in [0.717, 1.165) is 6.08 Å². The maximum Gasteiger partial charge on any atom is 0.328 e. The van der Waals surface area contributed by atoms with Crippen LogP contribution >= 0.6 is 0 Å². The van der Waals surface area contributed by atoms with Crippen molar-refractivity contribution in [3.05, 3.63) is 30.1 Å². The summed E-state index contributed by atoms with van der Waals surface area (Å²) in [6, 6.07) is 3.24. The first kappa shape index (κ1) is 12.7. The highest BCUT2D eigenvalue weighted by Gasteiger charge is 1.97. The topological polar surface area (TPSA) is 103 Å². The molecule has 17 heavy (non-hydrogen) atoms. The molecule has 0 aromatic carbocycles. The van der Waals surface area contributed by atoms with E-state index in [2.05, 4.69) is 4.98 Å². The molecule has 0 unspecified atom stereocenters. The van der Waals surface area contributed by atoms with Gasteiger partial charge in [-0.05, 0) is 18.2 Å². The number of carboxylic acid groups (broad SMARTS) is 1. The quantitative estimate of drug-likeness (QED) is 0.697. The molecule has 6 nitrogen and oxygen atoms in total. The first-order chi connectivity index (χ1) is 8.08. The molecule has 0 aliphatic heterocycles. The summed E-state index contributed by atoms with van der Waals surface area (Å²) in [5.41, 5.74) is 5.46. The van der Waals surface area contributed by atoms with Crippen LogP contribution in [0.15, 0.2) is 24.4 Å². The molecule has 90 valence electrons. The number of primary amides is 1. The minimum atomic E-state index is -1.03. The van der Waals surface area contributed by atoms with Crippen LogP contribution in [0.2, 0.25) is 0 Å². The summed E-state index contributed by atoms with van der Waals surface area (Å²) < 4.78 is 5.19. The van der Waals surface area contributed by atoms with E-state index in [1.165, 1.54) is 12.3 Å². The van der Waals surface area contributed by atoms with Crippen molar-refractivity contribution in [3.8, 4) is 5.75 Å². The van der Waals surface area contributed by atoms with Gasteiger partial charge in [0.05, 0.1) is 24.9 Å². The van der Waals surface area contributed by atoms with Crippen LogP contribution in [0.25, 0.3) is 6.08 Å². The Hall–Kier alpha value is -2.37. The highest BCUT2D eigenvalue weighted by molar-refractivity contribution is 5.84. The number of pyridine rings is 1. The molecule has 1 heterocycles. The molecular weight excluding hydrogens is 224 g/mol. The van der Waals surface area contributed by atoms with E-state index in [0.29, 0.717) is 11.4 Å². The number of nitrogens with zero attached hydrogens (tertiary/aromatic N) is 1. The molecule has 0 saturated heterocycles. The van der Waals surface area contributed by atoms with Gasteiger partial charge in [-0.3, -0.25) is 9.78 Å². The van der Waals surface area contributed by atoms with Gasteiger partial charge in [0.15, 0.2) is 0 Å². The van der Waals surface area contributed by atoms with E-state index < -0.39 is 11.9 Å². The Morgan fingerprint density at radius 1 is 1.47 bits per heavy atom. The lowest BCUT2D eigenvalue weighted by atomic mass is 10.3. The third kappa shape index (κ3) is 5.31. The van der Waals surface area contributed by atoms with Gasteiger partial charge >= 0.3 is 5.97 Å². The highest BCUT2D eigenvalue weighted by Crippen LogP contribution is 2.10. The molecule has 0 bridgehead atoms. The maximum atomic E-state index is 10.5. The number of aromatic nitrogens is 1. The molecule has 0 aliphatic carbocycles. The van der Waals surface area contributed by atoms with Gasteiger partial charge in [-0.2, -0.15) is 0 Å². The van der Waals surface area contributed by atoms with Crippen molar-refractivity contribution in [1.82, 2.24) is 4.98 Å². The molecule has 0 spiro atoms. The minimum Gasteiger partial charge on any atom is -0.491 e. The third-order valence-corrected chi connectivity index (χ3v) is 1.77. The highest BCUT2D eigenvalue weighted by atomic mass is 16.5. The number of carbonyl (C=O) groups is 2. The zero-order valence-corrected chi connectivity index (χ0v) is 9.00. The van der Waals surface area contributed by atoms with E-state index in [1.54, 1.807) is 12.1 Å². The Bertz CT molecular complexity index is 426. The number of hydrogen-bond acceptors (Lipinski definition) is 4. The average molecular weight is 236 g/mol. The smallest absolute Gasteiger partial charge is 0.328 e. The van der Waals surface area contributed by atoms with Gasteiger partial charge in [0, 0.05) is 6.08 Å². The zero-order valence-electron chi connectivity index (χ0n) is 9.00. The molecular formula is C11H12N2O4. The Labute approximate surface area is 97.7 Å². The second kappa shape index (κ2) is 6.26. The number of ether oxygens (including phenoxy) is 1. The first-order valence-corrected chi connectivity index (χ1v) is 4.86. The van der Waals surface area contributed by atoms with Crippen LogP contribution in [0.4, 0.5) is 0 Å². The number of amides is 1. The number of aliphatic carboxylic acids is 1. The Kier molecular flexibility index (Phi) is 4.68. The first-order valence-electron chi connectivity index (χ1n) is 4.86. The van der Waals surface area contributed by atoms with Gasteiger partial charge in [0.1, 0.15) is 5.75 Å². The number of carboxylic acids is 1. The lowest BCUT2D eigenvalue weighted by Crippen LogP contribution is -2.14. The van der Waals surface area contributed by atoms with Gasteiger partial charge in [0.2, 0.25) is 5.91 Å². The summed E-state index contributed by atoms with van der Waals surface area (Å²) in [5.74, 6) is -0.966. The molecule has 1 amide bonds. The van der Waals surface area contributed by atoms with Gasteiger partial charge in [0.25, 0.3) is 0 Å². The fourth-order valence-electron chi connectivity index (χ4n) is 1.00. The molecule has 0 atom stereocenters. The minimum absolute atomic E-state index is 0.140. The number of nitrogens with two attached hydrogens (primary N) is 1. The number of hydrogen-bond donors (Lipinski definition) is 2. The van der Waals surface area contributed by atoms with Crippen LogP contribution < -0.4 is 10.5 Å². The largest absolute Gasteiger partial charge is 0.491 e. The Balaban J connectivity index is 2.50. The summed E-state index contributed by atoms with van der Waals surface area (Å²) in [7, 11) is 0. The SMILES string of the molecule is NC(=O)CCOc1ccc(C=CC(=O)O)nc1. The average Bonchev–Trinajstić information content (AvgIpc) is 2.27. The summed E-state index contributed by atoms with van der Waals surface area (Å²) in [6.45, 7) is 0.196. The normalized spacial score (nSPS) is 10.4. The summed E-state index contributed by atoms with van der Waals surface area (Å²) in [6.07, 6.45) is 3.95. The van der Waals surface area contributed by atoms with Crippen LogP contribution in [0.1, 0.15) is 12.1 Å². The van der Waals surface area contributed by atoms with Crippen molar-refractivity contribution in [2.45, 2.75) is 6.42 Å². The summed E-state index contributed by atoms with van der Waals surface area (Å²) in [5, 5.41) is 8.41. The molecule has 0 saturated carbocycles. The lowest BCUT2D eigenvalue weighted by molar-refractivity contribution is -0.131. The van der Waals surface area contributed by atoms with E-state index in [4.69, 9.17) is 15.6 Å². The molecule has 1 aromatic rings. The third-order valence-electron chi connectivity index (χ3n) is 1.77. The summed E-state index contributed by atoms with van der Waals surface area (Å²) in [4.78, 5) is 24.7. The number of carbonyl (C=O) groups excluding carboxylic acids is 1.